The molecule has 3 rings (SSSR count). The number of piperidine rings is 1. The van der Waals surface area contributed by atoms with Crippen LogP contribution in [0.5, 0.6) is 0 Å². The van der Waals surface area contributed by atoms with E-state index in [2.05, 4.69) is 5.32 Å². The number of hydrogen-bond donors (Lipinski definition) is 1. The summed E-state index contributed by atoms with van der Waals surface area (Å²) in [5.74, 6) is -1.34. The molecule has 0 aliphatic carbocycles. The molecule has 2 aromatic carbocycles. The van der Waals surface area contributed by atoms with Gasteiger partial charge in [-0.3, -0.25) is 4.79 Å². The first-order chi connectivity index (χ1) is 12.4. The zero-order chi connectivity index (χ0) is 18.7. The highest BCUT2D eigenvalue weighted by atomic mass is 35.5. The van der Waals surface area contributed by atoms with Crippen molar-refractivity contribution in [2.75, 3.05) is 18.4 Å². The second-order valence-corrected chi connectivity index (χ2v) is 8.48. The third-order valence-corrected chi connectivity index (χ3v) is 6.48. The molecule has 2 aromatic rings. The van der Waals surface area contributed by atoms with Gasteiger partial charge in [0, 0.05) is 18.8 Å². The number of carbonyl (C=O) groups is 1. The quantitative estimate of drug-likeness (QED) is 0.859. The first-order valence-corrected chi connectivity index (χ1v) is 10.0. The molecule has 0 spiro atoms. The predicted molar refractivity (Wildman–Crippen MR) is 98.0 cm³/mol. The van der Waals surface area contributed by atoms with Gasteiger partial charge in [0.25, 0.3) is 0 Å². The Kier molecular flexibility index (Phi) is 5.60. The Morgan fingerprint density at radius 1 is 1.19 bits per heavy atom. The molecule has 8 heteroatoms. The fraction of sp³-hybridized carbons (Fsp3) is 0.278. The number of benzene rings is 2. The lowest BCUT2D eigenvalue weighted by molar-refractivity contribution is -0.120. The first-order valence-electron chi connectivity index (χ1n) is 8.19. The monoisotopic (exact) mass is 396 g/mol. The van der Waals surface area contributed by atoms with Crippen molar-refractivity contribution in [2.24, 2.45) is 5.92 Å². The third kappa shape index (κ3) is 4.06. The molecular weight excluding hydrogens is 379 g/mol. The molecule has 0 radical (unpaired) electrons. The van der Waals surface area contributed by atoms with Crippen LogP contribution in [0, 0.1) is 11.7 Å². The Hall–Kier alpha value is -1.96. The van der Waals surface area contributed by atoms with Gasteiger partial charge >= 0.3 is 0 Å². The van der Waals surface area contributed by atoms with E-state index in [4.69, 9.17) is 11.6 Å². The molecule has 1 aliphatic heterocycles. The summed E-state index contributed by atoms with van der Waals surface area (Å²) >= 11 is 5.71. The highest BCUT2D eigenvalue weighted by Crippen LogP contribution is 2.27. The third-order valence-electron chi connectivity index (χ3n) is 4.33. The molecule has 1 unspecified atom stereocenters. The van der Waals surface area contributed by atoms with Gasteiger partial charge in [-0.25, -0.2) is 12.8 Å². The standard InChI is InChI=1S/C18H18ClFN2O3S/c19-16-11-15(8-9-17(16)20)26(24,25)22-10-4-5-13(12-22)18(23)21-14-6-2-1-3-7-14/h1-3,6-9,11,13H,4-5,10,12H2,(H,21,23). The van der Waals surface area contributed by atoms with Crippen LogP contribution in [-0.4, -0.2) is 31.7 Å². The number of nitrogens with zero attached hydrogens (tertiary/aromatic N) is 1. The van der Waals surface area contributed by atoms with E-state index in [1.165, 1.54) is 10.4 Å². The smallest absolute Gasteiger partial charge is 0.243 e. The number of hydrogen-bond acceptors (Lipinski definition) is 3. The number of nitrogens with one attached hydrogen (secondary N) is 1. The molecule has 0 aromatic heterocycles. The van der Waals surface area contributed by atoms with Gasteiger partial charge in [-0.15, -0.1) is 0 Å². The minimum Gasteiger partial charge on any atom is -0.326 e. The predicted octanol–water partition coefficient (Wildman–Crippen LogP) is 3.52. The van der Waals surface area contributed by atoms with Crippen molar-refractivity contribution >= 4 is 33.2 Å². The summed E-state index contributed by atoms with van der Waals surface area (Å²) in [6.45, 7) is 0.391. The second-order valence-electron chi connectivity index (χ2n) is 6.13. The number of carbonyl (C=O) groups excluding carboxylic acids is 1. The van der Waals surface area contributed by atoms with E-state index in [1.54, 1.807) is 12.1 Å². The summed E-state index contributed by atoms with van der Waals surface area (Å²) in [4.78, 5) is 12.4. The molecule has 1 saturated heterocycles. The highest BCUT2D eigenvalue weighted by Gasteiger charge is 2.33. The van der Waals surface area contributed by atoms with E-state index in [0.717, 1.165) is 12.1 Å². The van der Waals surface area contributed by atoms with Crippen molar-refractivity contribution in [1.29, 1.82) is 0 Å². The van der Waals surface area contributed by atoms with Crippen LogP contribution in [0.2, 0.25) is 5.02 Å². The van der Waals surface area contributed by atoms with Crippen LogP contribution in [0.15, 0.2) is 53.4 Å². The van der Waals surface area contributed by atoms with E-state index in [1.807, 2.05) is 18.2 Å². The topological polar surface area (TPSA) is 66.5 Å². The van der Waals surface area contributed by atoms with Gasteiger partial charge in [0.05, 0.1) is 15.8 Å². The van der Waals surface area contributed by atoms with Gasteiger partial charge in [0.15, 0.2) is 0 Å². The van der Waals surface area contributed by atoms with Crippen molar-refractivity contribution in [2.45, 2.75) is 17.7 Å². The number of amides is 1. The SMILES string of the molecule is O=C(Nc1ccccc1)C1CCCN(S(=O)(=O)c2ccc(F)c(Cl)c2)C1. The van der Waals surface area contributed by atoms with Crippen LogP contribution in [0.1, 0.15) is 12.8 Å². The lowest BCUT2D eigenvalue weighted by Gasteiger charge is -2.31. The molecule has 1 N–H and O–H groups in total. The number of sulfonamides is 1. The van der Waals surface area contributed by atoms with E-state index in [-0.39, 0.29) is 22.4 Å². The van der Waals surface area contributed by atoms with Crippen LogP contribution < -0.4 is 5.32 Å². The second kappa shape index (κ2) is 7.73. The molecule has 5 nitrogen and oxygen atoms in total. The van der Waals surface area contributed by atoms with Gasteiger partial charge < -0.3 is 5.32 Å². The molecule has 138 valence electrons. The Bertz CT molecular complexity index is 906. The average Bonchev–Trinajstić information content (AvgIpc) is 2.65. The minimum absolute atomic E-state index is 0.0759. The summed E-state index contributed by atoms with van der Waals surface area (Å²) in [6, 6.07) is 12.3. The van der Waals surface area contributed by atoms with E-state index in [0.29, 0.717) is 25.1 Å². The number of para-hydroxylation sites is 1. The van der Waals surface area contributed by atoms with E-state index < -0.39 is 21.8 Å². The average molecular weight is 397 g/mol. The fourth-order valence-corrected chi connectivity index (χ4v) is 4.72. The van der Waals surface area contributed by atoms with Gasteiger partial charge in [-0.05, 0) is 43.2 Å². The number of halogens is 2. The number of anilines is 1. The Labute approximate surface area is 156 Å². The van der Waals surface area contributed by atoms with Crippen molar-refractivity contribution in [3.63, 3.8) is 0 Å². The van der Waals surface area contributed by atoms with Gasteiger partial charge in [-0.1, -0.05) is 29.8 Å². The van der Waals surface area contributed by atoms with E-state index in [9.17, 15) is 17.6 Å². The van der Waals surface area contributed by atoms with E-state index >= 15 is 0 Å². The van der Waals surface area contributed by atoms with Gasteiger partial charge in [0.2, 0.25) is 15.9 Å². The van der Waals surface area contributed by atoms with Crippen LogP contribution in [0.3, 0.4) is 0 Å². The minimum atomic E-state index is -3.84. The summed E-state index contributed by atoms with van der Waals surface area (Å²) < 4.78 is 40.2. The van der Waals surface area contributed by atoms with Crippen molar-refractivity contribution < 1.29 is 17.6 Å². The summed E-state index contributed by atoms with van der Waals surface area (Å²) in [5, 5.41) is 2.56. The lowest BCUT2D eigenvalue weighted by Crippen LogP contribution is -2.43. The van der Waals surface area contributed by atoms with Crippen molar-refractivity contribution in [1.82, 2.24) is 4.31 Å². The number of rotatable bonds is 4. The Morgan fingerprint density at radius 2 is 1.92 bits per heavy atom. The van der Waals surface area contributed by atoms with Gasteiger partial charge in [-0.2, -0.15) is 4.31 Å². The molecule has 1 atom stereocenters. The largest absolute Gasteiger partial charge is 0.326 e. The Morgan fingerprint density at radius 3 is 2.62 bits per heavy atom. The van der Waals surface area contributed by atoms with Crippen LogP contribution in [-0.2, 0) is 14.8 Å². The molecule has 1 heterocycles. The zero-order valence-electron chi connectivity index (χ0n) is 13.9. The van der Waals surface area contributed by atoms with Crippen LogP contribution >= 0.6 is 11.6 Å². The maximum absolute atomic E-state index is 13.3. The zero-order valence-corrected chi connectivity index (χ0v) is 15.4. The lowest BCUT2D eigenvalue weighted by atomic mass is 9.99. The fourth-order valence-electron chi connectivity index (χ4n) is 2.93. The van der Waals surface area contributed by atoms with Crippen molar-refractivity contribution in [3.05, 3.63) is 59.4 Å². The molecular formula is C18H18ClFN2O3S. The molecule has 0 bridgehead atoms. The van der Waals surface area contributed by atoms with Crippen LogP contribution in [0.4, 0.5) is 10.1 Å². The first kappa shape index (κ1) is 18.8. The maximum Gasteiger partial charge on any atom is 0.243 e. The Balaban J connectivity index is 1.75. The van der Waals surface area contributed by atoms with Gasteiger partial charge in [0.1, 0.15) is 5.82 Å². The summed E-state index contributed by atoms with van der Waals surface area (Å²) in [7, 11) is -3.84. The summed E-state index contributed by atoms with van der Waals surface area (Å²) in [5.41, 5.74) is 0.669. The molecule has 0 saturated carbocycles. The molecule has 1 amide bonds. The van der Waals surface area contributed by atoms with Crippen molar-refractivity contribution in [3.8, 4) is 0 Å². The maximum atomic E-state index is 13.3. The van der Waals surface area contributed by atoms with Crippen LogP contribution in [0.25, 0.3) is 0 Å². The highest BCUT2D eigenvalue weighted by molar-refractivity contribution is 7.89. The molecule has 1 aliphatic rings. The normalized spacial score (nSPS) is 18.5. The summed E-state index contributed by atoms with van der Waals surface area (Å²) in [6.07, 6.45) is 1.18. The molecule has 1 fully saturated rings. The molecule has 26 heavy (non-hydrogen) atoms.